The van der Waals surface area contributed by atoms with E-state index in [4.69, 9.17) is 6.42 Å². The van der Waals surface area contributed by atoms with Crippen molar-refractivity contribution < 1.29 is 14.4 Å². The molecule has 3 unspecified atom stereocenters. The maximum absolute atomic E-state index is 12.4. The number of carbonyl (C=O) groups is 3. The van der Waals surface area contributed by atoms with Gasteiger partial charge in [-0.25, -0.2) is 4.79 Å². The monoisotopic (exact) mass is 429 g/mol. The number of fused-ring (bicyclic) bond motifs is 1. The Morgan fingerprint density at radius 3 is 3.00 bits per heavy atom. The summed E-state index contributed by atoms with van der Waals surface area (Å²) in [7, 11) is 0. The smallest absolute Gasteiger partial charge is 0.319 e. The number of amides is 4. The highest BCUT2D eigenvalue weighted by Crippen LogP contribution is 2.26. The third kappa shape index (κ3) is 5.68. The first-order valence-corrected chi connectivity index (χ1v) is 11.2. The quantitative estimate of drug-likeness (QED) is 0.383. The number of nitrogens with zero attached hydrogens (tertiary/aromatic N) is 1. The van der Waals surface area contributed by atoms with Gasteiger partial charge in [0.25, 0.3) is 0 Å². The molecule has 3 atom stereocenters. The van der Waals surface area contributed by atoms with Crippen molar-refractivity contribution >= 4 is 35.3 Å². The number of hydrogen-bond donors (Lipinski definition) is 4. The van der Waals surface area contributed by atoms with Crippen LogP contribution in [0, 0.1) is 12.3 Å². The molecule has 2 aliphatic rings. The van der Waals surface area contributed by atoms with Gasteiger partial charge in [0.1, 0.15) is 0 Å². The van der Waals surface area contributed by atoms with E-state index in [1.54, 1.807) is 11.8 Å². The van der Waals surface area contributed by atoms with Gasteiger partial charge in [-0.15, -0.1) is 18.2 Å². The molecule has 9 heteroatoms. The summed E-state index contributed by atoms with van der Waals surface area (Å²) in [5, 5.41) is 11.4. The predicted molar refractivity (Wildman–Crippen MR) is 117 cm³/mol. The lowest BCUT2D eigenvalue weighted by atomic mass is 10.0. The normalized spacial score (nSPS) is 23.1. The topological polar surface area (TPSA) is 103 Å². The van der Waals surface area contributed by atoms with Crippen LogP contribution in [0.5, 0.6) is 0 Å². The first-order valence-electron chi connectivity index (χ1n) is 9.95. The number of urea groups is 1. The fourth-order valence-corrected chi connectivity index (χ4v) is 4.40. The van der Waals surface area contributed by atoms with Crippen LogP contribution in [0.15, 0.2) is 29.2 Å². The molecule has 8 nitrogen and oxygen atoms in total. The fourth-order valence-electron chi connectivity index (χ4n) is 3.94. The summed E-state index contributed by atoms with van der Waals surface area (Å²) < 4.78 is 0. The van der Waals surface area contributed by atoms with Crippen LogP contribution in [0.3, 0.4) is 0 Å². The van der Waals surface area contributed by atoms with Gasteiger partial charge in [0.15, 0.2) is 0 Å². The van der Waals surface area contributed by atoms with Crippen LogP contribution < -0.4 is 21.3 Å². The Bertz CT molecular complexity index is 840. The molecule has 1 aromatic carbocycles. The van der Waals surface area contributed by atoms with Gasteiger partial charge in [-0.3, -0.25) is 14.5 Å². The minimum atomic E-state index is -0.289. The Balaban J connectivity index is 1.53. The Kier molecular flexibility index (Phi) is 7.60. The van der Waals surface area contributed by atoms with Crippen LogP contribution >= 0.6 is 11.8 Å². The summed E-state index contributed by atoms with van der Waals surface area (Å²) in [4.78, 5) is 39.8. The van der Waals surface area contributed by atoms with Crippen LogP contribution in [-0.4, -0.2) is 66.8 Å². The molecule has 0 aromatic heterocycles. The van der Waals surface area contributed by atoms with Gasteiger partial charge >= 0.3 is 6.03 Å². The van der Waals surface area contributed by atoms with E-state index in [2.05, 4.69) is 32.1 Å². The highest BCUT2D eigenvalue weighted by molar-refractivity contribution is 7.98. The van der Waals surface area contributed by atoms with E-state index in [-0.39, 0.29) is 42.5 Å². The van der Waals surface area contributed by atoms with Gasteiger partial charge in [0, 0.05) is 42.2 Å². The highest BCUT2D eigenvalue weighted by atomic mass is 32.2. The van der Waals surface area contributed by atoms with Crippen molar-refractivity contribution in [2.24, 2.45) is 0 Å². The maximum atomic E-state index is 12.4. The second-order valence-corrected chi connectivity index (χ2v) is 8.27. The molecule has 0 spiro atoms. The molecule has 0 bridgehead atoms. The van der Waals surface area contributed by atoms with Gasteiger partial charge in [0.05, 0.1) is 12.6 Å². The second-order valence-electron chi connectivity index (χ2n) is 7.39. The number of piperazine rings is 1. The summed E-state index contributed by atoms with van der Waals surface area (Å²) in [6, 6.07) is 6.97. The maximum Gasteiger partial charge on any atom is 0.319 e. The Morgan fingerprint density at radius 1 is 1.40 bits per heavy atom. The van der Waals surface area contributed by atoms with E-state index < -0.39 is 0 Å². The number of nitrogens with one attached hydrogen (secondary N) is 4. The third-order valence-corrected chi connectivity index (χ3v) is 6.10. The molecular weight excluding hydrogens is 402 g/mol. The molecular formula is C21H27N5O3S. The molecule has 1 aromatic rings. The van der Waals surface area contributed by atoms with E-state index in [1.165, 1.54) is 0 Å². The molecule has 2 saturated heterocycles. The fraction of sp³-hybridized carbons (Fsp3) is 0.476. The largest absolute Gasteiger partial charge is 0.353 e. The zero-order valence-electron chi connectivity index (χ0n) is 16.9. The standard InChI is InChI=1S/C21H27N5O3S/c1-3-9-22-19(27)8-7-16-12-23-20(28)18-11-15(13-26(16)18)25-21(29)24-14-5-4-6-17(10-14)30-2/h1,4-6,10,15-16,18H,7-9,11-13H2,2H3,(H,22,27)(H,23,28)(H2,24,25,29). The molecule has 0 radical (unpaired) electrons. The van der Waals surface area contributed by atoms with E-state index in [1.807, 2.05) is 30.5 Å². The molecule has 160 valence electrons. The Morgan fingerprint density at radius 2 is 2.23 bits per heavy atom. The lowest BCUT2D eigenvalue weighted by molar-refractivity contribution is -0.129. The molecule has 4 N–H and O–H groups in total. The minimum absolute atomic E-state index is 0.0274. The van der Waals surface area contributed by atoms with Crippen molar-refractivity contribution in [3.8, 4) is 12.3 Å². The number of thioether (sulfide) groups is 1. The number of rotatable bonds is 7. The van der Waals surface area contributed by atoms with Gasteiger partial charge in [0.2, 0.25) is 11.8 Å². The van der Waals surface area contributed by atoms with Crippen molar-refractivity contribution in [1.29, 1.82) is 0 Å². The summed E-state index contributed by atoms with van der Waals surface area (Å²) >= 11 is 1.61. The predicted octanol–water partition coefficient (Wildman–Crippen LogP) is 1.00. The lowest BCUT2D eigenvalue weighted by Gasteiger charge is -2.37. The van der Waals surface area contributed by atoms with E-state index in [0.717, 1.165) is 10.6 Å². The van der Waals surface area contributed by atoms with Crippen LogP contribution in [-0.2, 0) is 9.59 Å². The number of anilines is 1. The van der Waals surface area contributed by atoms with Gasteiger partial charge < -0.3 is 21.3 Å². The van der Waals surface area contributed by atoms with Crippen LogP contribution in [0.2, 0.25) is 0 Å². The van der Waals surface area contributed by atoms with Gasteiger partial charge in [-0.05, 0) is 37.3 Å². The van der Waals surface area contributed by atoms with Crippen molar-refractivity contribution in [3.05, 3.63) is 24.3 Å². The SMILES string of the molecule is C#CCNC(=O)CCC1CNC(=O)C2CC(NC(=O)Nc3cccc(SC)c3)CN12. The average molecular weight is 430 g/mol. The van der Waals surface area contributed by atoms with Gasteiger partial charge in [-0.1, -0.05) is 12.0 Å². The van der Waals surface area contributed by atoms with E-state index in [9.17, 15) is 14.4 Å². The summed E-state index contributed by atoms with van der Waals surface area (Å²) in [6.07, 6.45) is 8.65. The molecule has 2 aliphatic heterocycles. The molecule has 2 fully saturated rings. The zero-order chi connectivity index (χ0) is 21.5. The minimum Gasteiger partial charge on any atom is -0.353 e. The zero-order valence-corrected chi connectivity index (χ0v) is 17.8. The van der Waals surface area contributed by atoms with Crippen molar-refractivity contribution in [2.75, 3.05) is 31.2 Å². The lowest BCUT2D eigenvalue weighted by Crippen LogP contribution is -2.58. The van der Waals surface area contributed by atoms with Crippen molar-refractivity contribution in [1.82, 2.24) is 20.9 Å². The van der Waals surface area contributed by atoms with E-state index in [0.29, 0.717) is 32.4 Å². The Labute approximate surface area is 180 Å². The Hall–Kier alpha value is -2.70. The number of carbonyl (C=O) groups excluding carboxylic acids is 3. The summed E-state index contributed by atoms with van der Waals surface area (Å²) in [5.74, 6) is 2.26. The highest BCUT2D eigenvalue weighted by Gasteiger charge is 2.43. The van der Waals surface area contributed by atoms with Crippen molar-refractivity contribution in [3.63, 3.8) is 0 Å². The number of hydrogen-bond acceptors (Lipinski definition) is 5. The molecule has 2 heterocycles. The van der Waals surface area contributed by atoms with Crippen LogP contribution in [0.1, 0.15) is 19.3 Å². The number of benzene rings is 1. The third-order valence-electron chi connectivity index (χ3n) is 5.38. The van der Waals surface area contributed by atoms with Crippen LogP contribution in [0.25, 0.3) is 0 Å². The molecule has 4 amide bonds. The molecule has 3 rings (SSSR count). The molecule has 0 saturated carbocycles. The first kappa shape index (κ1) is 22.0. The molecule has 30 heavy (non-hydrogen) atoms. The summed E-state index contributed by atoms with van der Waals surface area (Å²) in [6.45, 7) is 1.29. The summed E-state index contributed by atoms with van der Waals surface area (Å²) in [5.41, 5.74) is 0.726. The van der Waals surface area contributed by atoms with E-state index >= 15 is 0 Å². The van der Waals surface area contributed by atoms with Crippen LogP contribution in [0.4, 0.5) is 10.5 Å². The van der Waals surface area contributed by atoms with Gasteiger partial charge in [-0.2, -0.15) is 0 Å². The second kappa shape index (κ2) is 10.4. The molecule has 0 aliphatic carbocycles. The number of terminal acetylenes is 1. The van der Waals surface area contributed by atoms with Crippen molar-refractivity contribution in [2.45, 2.75) is 42.3 Å². The first-order chi connectivity index (χ1) is 14.5. The average Bonchev–Trinajstić information content (AvgIpc) is 3.16.